The Balaban J connectivity index is 2.81. The number of pyridine rings is 1. The monoisotopic (exact) mass is 218 g/mol. The molecule has 0 saturated carbocycles. The number of fused-ring (bicyclic) bond motifs is 1. The van der Waals surface area contributed by atoms with Crippen LogP contribution in [0, 0.1) is 6.92 Å². The van der Waals surface area contributed by atoms with E-state index >= 15 is 0 Å². The van der Waals surface area contributed by atoms with Gasteiger partial charge < -0.3 is 9.51 Å². The average Bonchev–Trinajstić information content (AvgIpc) is 2.58. The zero-order valence-corrected chi connectivity index (χ0v) is 10.2. The van der Waals surface area contributed by atoms with Crippen LogP contribution in [0.4, 0.5) is 0 Å². The van der Waals surface area contributed by atoms with Crippen molar-refractivity contribution in [1.82, 2.24) is 9.38 Å². The summed E-state index contributed by atoms with van der Waals surface area (Å²) in [5.74, 6) is 0.323. The lowest BCUT2D eigenvalue weighted by Gasteiger charge is -2.09. The molecular weight excluding hydrogens is 200 g/mol. The number of rotatable bonds is 2. The first-order valence-electron chi connectivity index (χ1n) is 5.68. The maximum Gasteiger partial charge on any atom is 0.140 e. The highest BCUT2D eigenvalue weighted by molar-refractivity contribution is 5.51. The number of nitrogens with zero attached hydrogens (tertiary/aromatic N) is 2. The smallest absolute Gasteiger partial charge is 0.140 e. The molecule has 0 spiro atoms. The molecule has 1 unspecified atom stereocenters. The summed E-state index contributed by atoms with van der Waals surface area (Å²) >= 11 is 0. The van der Waals surface area contributed by atoms with Crippen molar-refractivity contribution in [2.24, 2.45) is 0 Å². The lowest BCUT2D eigenvalue weighted by molar-refractivity contribution is 0.191. The van der Waals surface area contributed by atoms with Gasteiger partial charge >= 0.3 is 0 Å². The van der Waals surface area contributed by atoms with Gasteiger partial charge in [0.15, 0.2) is 0 Å². The van der Waals surface area contributed by atoms with Crippen molar-refractivity contribution in [2.75, 3.05) is 0 Å². The molecule has 2 heterocycles. The van der Waals surface area contributed by atoms with Crippen LogP contribution in [0.2, 0.25) is 0 Å². The van der Waals surface area contributed by atoms with Gasteiger partial charge in [0.05, 0.1) is 17.5 Å². The third-order valence-corrected chi connectivity index (χ3v) is 2.85. The van der Waals surface area contributed by atoms with Crippen molar-refractivity contribution in [3.05, 3.63) is 35.3 Å². The average molecular weight is 218 g/mol. The van der Waals surface area contributed by atoms with Crippen molar-refractivity contribution in [3.63, 3.8) is 0 Å². The van der Waals surface area contributed by atoms with E-state index in [1.54, 1.807) is 6.92 Å². The number of aliphatic hydroxyl groups excluding tert-OH is 1. The molecule has 0 aromatic carbocycles. The van der Waals surface area contributed by atoms with Crippen LogP contribution in [0.25, 0.3) is 5.65 Å². The molecule has 3 nitrogen and oxygen atoms in total. The minimum absolute atomic E-state index is 0.323. The molecule has 0 saturated heterocycles. The van der Waals surface area contributed by atoms with Crippen LogP contribution in [-0.4, -0.2) is 14.5 Å². The third-order valence-electron chi connectivity index (χ3n) is 2.85. The maximum absolute atomic E-state index is 9.87. The number of hydrogen-bond donors (Lipinski definition) is 1. The first-order valence-corrected chi connectivity index (χ1v) is 5.68. The number of aliphatic hydroxyl groups is 1. The van der Waals surface area contributed by atoms with Gasteiger partial charge in [-0.2, -0.15) is 0 Å². The van der Waals surface area contributed by atoms with Crippen molar-refractivity contribution < 1.29 is 5.11 Å². The zero-order valence-electron chi connectivity index (χ0n) is 10.2. The molecule has 0 aliphatic rings. The van der Waals surface area contributed by atoms with E-state index in [1.165, 1.54) is 0 Å². The first-order chi connectivity index (χ1) is 7.52. The van der Waals surface area contributed by atoms with Gasteiger partial charge in [-0.1, -0.05) is 19.9 Å². The molecule has 0 aliphatic carbocycles. The second-order valence-electron chi connectivity index (χ2n) is 4.60. The van der Waals surface area contributed by atoms with Crippen molar-refractivity contribution in [1.29, 1.82) is 0 Å². The number of hydrogen-bond acceptors (Lipinski definition) is 2. The van der Waals surface area contributed by atoms with Crippen LogP contribution in [0.15, 0.2) is 18.3 Å². The molecule has 2 aromatic heterocycles. The second-order valence-corrected chi connectivity index (χ2v) is 4.60. The Hall–Kier alpha value is -1.35. The summed E-state index contributed by atoms with van der Waals surface area (Å²) in [4.78, 5) is 4.64. The standard InChI is InChI=1S/C13H18N2O/c1-8(2)11-12(10(4)16)15-7-5-6-9(3)13(15)14-11/h5-8,10,16H,1-4H3. The number of imidazole rings is 1. The molecule has 0 radical (unpaired) electrons. The SMILES string of the molecule is Cc1cccn2c(C(C)O)c(C(C)C)nc12. The van der Waals surface area contributed by atoms with Gasteiger partial charge in [0, 0.05) is 6.20 Å². The minimum atomic E-state index is -0.491. The van der Waals surface area contributed by atoms with Gasteiger partial charge in [0.25, 0.3) is 0 Å². The largest absolute Gasteiger partial charge is 0.387 e. The van der Waals surface area contributed by atoms with Crippen LogP contribution < -0.4 is 0 Å². The fourth-order valence-corrected chi connectivity index (χ4v) is 2.08. The van der Waals surface area contributed by atoms with Crippen molar-refractivity contribution >= 4 is 5.65 Å². The molecule has 16 heavy (non-hydrogen) atoms. The number of aryl methyl sites for hydroxylation is 1. The minimum Gasteiger partial charge on any atom is -0.387 e. The van der Waals surface area contributed by atoms with Crippen LogP contribution in [0.1, 0.15) is 49.7 Å². The fourth-order valence-electron chi connectivity index (χ4n) is 2.08. The topological polar surface area (TPSA) is 37.5 Å². The van der Waals surface area contributed by atoms with Crippen LogP contribution in [-0.2, 0) is 0 Å². The molecule has 0 aliphatic heterocycles. The Morgan fingerprint density at radius 3 is 2.56 bits per heavy atom. The fraction of sp³-hybridized carbons (Fsp3) is 0.462. The molecule has 3 heteroatoms. The third kappa shape index (κ3) is 1.61. The summed E-state index contributed by atoms with van der Waals surface area (Å²) in [5, 5.41) is 9.87. The molecule has 2 aromatic rings. The summed E-state index contributed by atoms with van der Waals surface area (Å²) in [5.41, 5.74) is 3.98. The summed E-state index contributed by atoms with van der Waals surface area (Å²) in [6, 6.07) is 4.03. The van der Waals surface area contributed by atoms with E-state index in [0.29, 0.717) is 5.92 Å². The molecule has 0 fully saturated rings. The Morgan fingerprint density at radius 2 is 2.00 bits per heavy atom. The highest BCUT2D eigenvalue weighted by Gasteiger charge is 2.19. The molecular formula is C13H18N2O. The van der Waals surface area contributed by atoms with Crippen LogP contribution >= 0.6 is 0 Å². The number of aromatic nitrogens is 2. The summed E-state index contributed by atoms with van der Waals surface area (Å²) in [6.45, 7) is 8.03. The van der Waals surface area contributed by atoms with Gasteiger partial charge in [-0.25, -0.2) is 4.98 Å². The van der Waals surface area contributed by atoms with Crippen molar-refractivity contribution in [3.8, 4) is 0 Å². The van der Waals surface area contributed by atoms with E-state index in [1.807, 2.05) is 29.7 Å². The van der Waals surface area contributed by atoms with Gasteiger partial charge in [0.1, 0.15) is 5.65 Å². The molecule has 0 amide bonds. The Kier molecular flexibility index (Phi) is 2.72. The highest BCUT2D eigenvalue weighted by atomic mass is 16.3. The molecule has 0 bridgehead atoms. The lowest BCUT2D eigenvalue weighted by Crippen LogP contribution is -2.02. The lowest BCUT2D eigenvalue weighted by atomic mass is 10.1. The Bertz CT molecular complexity index is 512. The van der Waals surface area contributed by atoms with E-state index in [-0.39, 0.29) is 0 Å². The summed E-state index contributed by atoms with van der Waals surface area (Å²) in [6.07, 6.45) is 1.47. The normalized spacial score (nSPS) is 13.6. The molecule has 1 N–H and O–H groups in total. The van der Waals surface area contributed by atoms with E-state index < -0.39 is 6.10 Å². The quantitative estimate of drug-likeness (QED) is 0.841. The maximum atomic E-state index is 9.87. The van der Waals surface area contributed by atoms with Gasteiger partial charge in [-0.3, -0.25) is 0 Å². The van der Waals surface area contributed by atoms with E-state index in [9.17, 15) is 5.11 Å². The Morgan fingerprint density at radius 1 is 1.31 bits per heavy atom. The summed E-state index contributed by atoms with van der Waals surface area (Å²) in [7, 11) is 0. The van der Waals surface area contributed by atoms with E-state index in [0.717, 1.165) is 22.6 Å². The van der Waals surface area contributed by atoms with Crippen molar-refractivity contribution in [2.45, 2.75) is 39.7 Å². The van der Waals surface area contributed by atoms with E-state index in [4.69, 9.17) is 0 Å². The van der Waals surface area contributed by atoms with Gasteiger partial charge in [0.2, 0.25) is 0 Å². The first kappa shape index (κ1) is 11.1. The predicted octanol–water partition coefficient (Wildman–Crippen LogP) is 2.82. The highest BCUT2D eigenvalue weighted by Crippen LogP contribution is 2.26. The predicted molar refractivity (Wildman–Crippen MR) is 64.7 cm³/mol. The van der Waals surface area contributed by atoms with Crippen LogP contribution in [0.5, 0.6) is 0 Å². The molecule has 86 valence electrons. The van der Waals surface area contributed by atoms with E-state index in [2.05, 4.69) is 18.8 Å². The Labute approximate surface area is 95.8 Å². The molecule has 1 atom stereocenters. The summed E-state index contributed by atoms with van der Waals surface area (Å²) < 4.78 is 2.00. The van der Waals surface area contributed by atoms with Crippen LogP contribution in [0.3, 0.4) is 0 Å². The van der Waals surface area contributed by atoms with Gasteiger partial charge in [-0.15, -0.1) is 0 Å². The molecule has 2 rings (SSSR count). The van der Waals surface area contributed by atoms with Gasteiger partial charge in [-0.05, 0) is 31.4 Å². The second kappa shape index (κ2) is 3.91. The zero-order chi connectivity index (χ0) is 11.9.